The minimum atomic E-state index is -3.14. The molecule has 1 saturated heterocycles. The molecule has 0 aliphatic carbocycles. The van der Waals surface area contributed by atoms with Crippen LogP contribution in [0.25, 0.3) is 0 Å². The van der Waals surface area contributed by atoms with E-state index in [1.807, 2.05) is 6.92 Å². The molecule has 0 saturated carbocycles. The van der Waals surface area contributed by atoms with Crippen LogP contribution in [0.1, 0.15) is 22.3 Å². The quantitative estimate of drug-likeness (QED) is 0.797. The van der Waals surface area contributed by atoms with Crippen molar-refractivity contribution in [3.63, 3.8) is 0 Å². The van der Waals surface area contributed by atoms with Gasteiger partial charge in [0.2, 0.25) is 0 Å². The molecule has 5 nitrogen and oxygen atoms in total. The monoisotopic (exact) mass is 393 g/mol. The van der Waals surface area contributed by atoms with E-state index in [0.717, 1.165) is 5.56 Å². The standard InChI is InChI=1S/C19H20ClNO4S/c1-13-17(20)4-3-5-18(13)21(15-10-11-26(23,24)12-15)19(22)14-6-8-16(25-2)9-7-14/h3-9,15H,10-12H2,1-2H3. The molecule has 1 aliphatic rings. The summed E-state index contributed by atoms with van der Waals surface area (Å²) in [5, 5.41) is 0.538. The smallest absolute Gasteiger partial charge is 0.258 e. The maximum absolute atomic E-state index is 13.3. The van der Waals surface area contributed by atoms with Gasteiger partial charge in [0.1, 0.15) is 5.75 Å². The number of benzene rings is 2. The van der Waals surface area contributed by atoms with Crippen LogP contribution in [0.3, 0.4) is 0 Å². The zero-order valence-corrected chi connectivity index (χ0v) is 16.2. The lowest BCUT2D eigenvalue weighted by atomic mass is 10.1. The van der Waals surface area contributed by atoms with Crippen LogP contribution in [0.5, 0.6) is 5.75 Å². The number of sulfone groups is 1. The Kier molecular flexibility index (Phi) is 5.25. The Morgan fingerprint density at radius 3 is 2.46 bits per heavy atom. The Morgan fingerprint density at radius 1 is 1.19 bits per heavy atom. The van der Waals surface area contributed by atoms with Crippen LogP contribution < -0.4 is 9.64 Å². The van der Waals surface area contributed by atoms with Crippen LogP contribution in [0.15, 0.2) is 42.5 Å². The maximum Gasteiger partial charge on any atom is 0.258 e. The van der Waals surface area contributed by atoms with E-state index in [1.54, 1.807) is 54.5 Å². The number of hydrogen-bond donors (Lipinski definition) is 0. The lowest BCUT2D eigenvalue weighted by Gasteiger charge is -2.30. The Balaban J connectivity index is 2.05. The predicted molar refractivity (Wildman–Crippen MR) is 103 cm³/mol. The van der Waals surface area contributed by atoms with Crippen LogP contribution in [-0.4, -0.2) is 39.0 Å². The summed E-state index contributed by atoms with van der Waals surface area (Å²) in [5.74, 6) is 0.445. The number of carbonyl (C=O) groups is 1. The number of methoxy groups -OCH3 is 1. The van der Waals surface area contributed by atoms with Gasteiger partial charge >= 0.3 is 0 Å². The molecule has 0 N–H and O–H groups in total. The lowest BCUT2D eigenvalue weighted by Crippen LogP contribution is -2.41. The number of anilines is 1. The molecule has 1 unspecified atom stereocenters. The summed E-state index contributed by atoms with van der Waals surface area (Å²) in [7, 11) is -1.59. The van der Waals surface area contributed by atoms with Crippen molar-refractivity contribution >= 4 is 33.0 Å². The summed E-state index contributed by atoms with van der Waals surface area (Å²) in [6.07, 6.45) is 0.413. The minimum Gasteiger partial charge on any atom is -0.497 e. The molecule has 1 atom stereocenters. The van der Waals surface area contributed by atoms with Crippen molar-refractivity contribution in [3.8, 4) is 5.75 Å². The van der Waals surface area contributed by atoms with Crippen molar-refractivity contribution < 1.29 is 17.9 Å². The van der Waals surface area contributed by atoms with E-state index in [-0.39, 0.29) is 17.4 Å². The van der Waals surface area contributed by atoms with E-state index in [2.05, 4.69) is 0 Å². The van der Waals surface area contributed by atoms with Gasteiger partial charge in [-0.25, -0.2) is 8.42 Å². The minimum absolute atomic E-state index is 0.0408. The molecule has 26 heavy (non-hydrogen) atoms. The largest absolute Gasteiger partial charge is 0.497 e. The first-order chi connectivity index (χ1) is 12.3. The third-order valence-corrected chi connectivity index (χ3v) is 6.79. The molecular formula is C19H20ClNO4S. The third kappa shape index (κ3) is 3.71. The average molecular weight is 394 g/mol. The van der Waals surface area contributed by atoms with Crippen molar-refractivity contribution in [2.24, 2.45) is 0 Å². The van der Waals surface area contributed by atoms with E-state index in [4.69, 9.17) is 16.3 Å². The van der Waals surface area contributed by atoms with Crippen molar-refractivity contribution in [2.75, 3.05) is 23.5 Å². The van der Waals surface area contributed by atoms with Gasteiger partial charge in [-0.2, -0.15) is 0 Å². The second-order valence-electron chi connectivity index (χ2n) is 6.34. The van der Waals surface area contributed by atoms with Crippen molar-refractivity contribution in [3.05, 3.63) is 58.6 Å². The van der Waals surface area contributed by atoms with Gasteiger partial charge < -0.3 is 9.64 Å². The van der Waals surface area contributed by atoms with Gasteiger partial charge in [-0.15, -0.1) is 0 Å². The predicted octanol–water partition coefficient (Wildman–Crippen LogP) is 3.49. The van der Waals surface area contributed by atoms with E-state index in [0.29, 0.717) is 28.4 Å². The van der Waals surface area contributed by atoms with E-state index in [9.17, 15) is 13.2 Å². The summed E-state index contributed by atoms with van der Waals surface area (Å²) < 4.78 is 29.1. The highest BCUT2D eigenvalue weighted by Gasteiger charge is 2.36. The van der Waals surface area contributed by atoms with Gasteiger partial charge in [0.05, 0.1) is 24.7 Å². The lowest BCUT2D eigenvalue weighted by molar-refractivity contribution is 0.0979. The Morgan fingerprint density at radius 2 is 1.88 bits per heavy atom. The van der Waals surface area contributed by atoms with Crippen LogP contribution >= 0.6 is 11.6 Å². The normalized spacial score (nSPS) is 18.5. The Bertz CT molecular complexity index is 925. The molecule has 0 radical (unpaired) electrons. The fourth-order valence-corrected chi connectivity index (χ4v) is 5.05. The molecule has 3 rings (SSSR count). The second-order valence-corrected chi connectivity index (χ2v) is 8.98. The number of carbonyl (C=O) groups excluding carboxylic acids is 1. The van der Waals surface area contributed by atoms with E-state index >= 15 is 0 Å². The van der Waals surface area contributed by atoms with Crippen LogP contribution in [0.4, 0.5) is 5.69 Å². The van der Waals surface area contributed by atoms with E-state index in [1.165, 1.54) is 0 Å². The molecule has 0 aromatic heterocycles. The summed E-state index contributed by atoms with van der Waals surface area (Å²) in [6, 6.07) is 11.7. The summed E-state index contributed by atoms with van der Waals surface area (Å²) in [4.78, 5) is 14.8. The number of halogens is 1. The fourth-order valence-electron chi connectivity index (χ4n) is 3.18. The number of amides is 1. The van der Waals surface area contributed by atoms with Gasteiger partial charge in [0, 0.05) is 16.3 Å². The van der Waals surface area contributed by atoms with Gasteiger partial charge in [-0.05, 0) is 55.3 Å². The zero-order valence-electron chi connectivity index (χ0n) is 14.6. The topological polar surface area (TPSA) is 63.7 Å². The zero-order chi connectivity index (χ0) is 18.9. The molecule has 7 heteroatoms. The van der Waals surface area contributed by atoms with Gasteiger partial charge in [-0.3, -0.25) is 4.79 Å². The number of ether oxygens (including phenoxy) is 1. The van der Waals surface area contributed by atoms with E-state index < -0.39 is 15.9 Å². The molecule has 1 amide bonds. The van der Waals surface area contributed by atoms with Crippen molar-refractivity contribution in [1.82, 2.24) is 0 Å². The maximum atomic E-state index is 13.3. The molecule has 1 fully saturated rings. The van der Waals surface area contributed by atoms with Crippen LogP contribution in [0, 0.1) is 6.92 Å². The first kappa shape index (κ1) is 18.7. The molecule has 1 aliphatic heterocycles. The van der Waals surface area contributed by atoms with Crippen LogP contribution in [0.2, 0.25) is 5.02 Å². The summed E-state index contributed by atoms with van der Waals surface area (Å²) in [5.41, 5.74) is 1.86. The molecule has 138 valence electrons. The van der Waals surface area contributed by atoms with Crippen molar-refractivity contribution in [2.45, 2.75) is 19.4 Å². The highest BCUT2D eigenvalue weighted by Crippen LogP contribution is 2.32. The van der Waals surface area contributed by atoms with Gasteiger partial charge in [-0.1, -0.05) is 17.7 Å². The van der Waals surface area contributed by atoms with Gasteiger partial charge in [0.25, 0.3) is 5.91 Å². The molecule has 2 aromatic carbocycles. The fraction of sp³-hybridized carbons (Fsp3) is 0.316. The first-order valence-corrected chi connectivity index (χ1v) is 10.5. The van der Waals surface area contributed by atoms with Gasteiger partial charge in [0.15, 0.2) is 9.84 Å². The SMILES string of the molecule is COc1ccc(C(=O)N(c2cccc(Cl)c2C)C2CCS(=O)(=O)C2)cc1. The highest BCUT2D eigenvalue weighted by molar-refractivity contribution is 7.91. The first-order valence-electron chi connectivity index (χ1n) is 8.25. The van der Waals surface area contributed by atoms with Crippen LogP contribution in [-0.2, 0) is 9.84 Å². The summed E-state index contributed by atoms with van der Waals surface area (Å²) in [6.45, 7) is 1.83. The molecule has 1 heterocycles. The summed E-state index contributed by atoms with van der Waals surface area (Å²) >= 11 is 6.24. The number of nitrogens with zero attached hydrogens (tertiary/aromatic N) is 1. The Labute approximate surface area is 158 Å². The Hall–Kier alpha value is -2.05. The number of rotatable bonds is 4. The highest BCUT2D eigenvalue weighted by atomic mass is 35.5. The average Bonchev–Trinajstić information content (AvgIpc) is 2.98. The molecule has 0 bridgehead atoms. The molecular weight excluding hydrogens is 374 g/mol. The third-order valence-electron chi connectivity index (χ3n) is 4.63. The molecule has 0 spiro atoms. The second kappa shape index (κ2) is 7.29. The molecule has 2 aromatic rings. The number of hydrogen-bond acceptors (Lipinski definition) is 4. The van der Waals surface area contributed by atoms with Crippen molar-refractivity contribution in [1.29, 1.82) is 0 Å².